The standard InChI is InChI=1S/C22H20N4O2S/c1-3-23-22-26(24-13-16-8-10-18(11-9-16)25-15(2)27)19(14-29-22)21-12-17-6-4-5-7-20(17)28-21/h4-14H,3H2,1-2H3,(H,25,27). The number of thiazole rings is 1. The fourth-order valence-corrected chi connectivity index (χ4v) is 3.80. The Bertz CT molecular complexity index is 1210. The first-order valence-corrected chi connectivity index (χ1v) is 10.1. The Labute approximate surface area is 171 Å². The molecule has 0 aliphatic carbocycles. The van der Waals surface area contributed by atoms with Gasteiger partial charge in [0.05, 0.1) is 6.21 Å². The highest BCUT2D eigenvalue weighted by Crippen LogP contribution is 2.28. The average molecular weight is 404 g/mol. The lowest BCUT2D eigenvalue weighted by molar-refractivity contribution is -0.114. The zero-order valence-electron chi connectivity index (χ0n) is 16.1. The summed E-state index contributed by atoms with van der Waals surface area (Å²) in [5, 5.41) is 10.5. The zero-order valence-corrected chi connectivity index (χ0v) is 16.9. The van der Waals surface area contributed by atoms with Crippen molar-refractivity contribution in [1.29, 1.82) is 0 Å². The number of para-hydroxylation sites is 1. The fourth-order valence-electron chi connectivity index (χ4n) is 2.91. The van der Waals surface area contributed by atoms with Crippen molar-refractivity contribution in [2.45, 2.75) is 13.8 Å². The van der Waals surface area contributed by atoms with Gasteiger partial charge in [0.15, 0.2) is 5.76 Å². The van der Waals surface area contributed by atoms with Gasteiger partial charge in [0.1, 0.15) is 11.3 Å². The summed E-state index contributed by atoms with van der Waals surface area (Å²) in [4.78, 5) is 16.5. The van der Waals surface area contributed by atoms with E-state index >= 15 is 0 Å². The van der Waals surface area contributed by atoms with Crippen LogP contribution in [0.4, 0.5) is 5.69 Å². The number of carbonyl (C=O) groups excluding carboxylic acids is 1. The number of carbonyl (C=O) groups is 1. The molecule has 0 fully saturated rings. The molecule has 7 heteroatoms. The number of hydrogen-bond acceptors (Lipinski definition) is 5. The lowest BCUT2D eigenvalue weighted by Crippen LogP contribution is -2.12. The van der Waals surface area contributed by atoms with Crippen LogP contribution in [-0.4, -0.2) is 23.3 Å². The molecule has 0 bridgehead atoms. The summed E-state index contributed by atoms with van der Waals surface area (Å²) < 4.78 is 7.82. The third kappa shape index (κ3) is 4.20. The molecular weight excluding hydrogens is 384 g/mol. The van der Waals surface area contributed by atoms with E-state index in [0.717, 1.165) is 38.5 Å². The highest BCUT2D eigenvalue weighted by molar-refractivity contribution is 7.07. The van der Waals surface area contributed by atoms with Crippen molar-refractivity contribution < 1.29 is 9.21 Å². The minimum Gasteiger partial charge on any atom is -0.454 e. The van der Waals surface area contributed by atoms with Crippen LogP contribution in [0.25, 0.3) is 22.4 Å². The second kappa shape index (κ2) is 8.28. The van der Waals surface area contributed by atoms with Gasteiger partial charge in [-0.3, -0.25) is 9.79 Å². The van der Waals surface area contributed by atoms with E-state index in [1.807, 2.05) is 66.9 Å². The largest absolute Gasteiger partial charge is 0.454 e. The molecule has 2 heterocycles. The first-order chi connectivity index (χ1) is 14.1. The number of nitrogens with one attached hydrogen (secondary N) is 1. The molecule has 4 aromatic rings. The van der Waals surface area contributed by atoms with E-state index in [1.165, 1.54) is 18.3 Å². The van der Waals surface area contributed by atoms with Crippen molar-refractivity contribution in [3.63, 3.8) is 0 Å². The molecule has 1 amide bonds. The Hall–Kier alpha value is -3.45. The van der Waals surface area contributed by atoms with E-state index < -0.39 is 0 Å². The number of amides is 1. The van der Waals surface area contributed by atoms with Gasteiger partial charge in [-0.25, -0.2) is 4.68 Å². The Morgan fingerprint density at radius 1 is 1.21 bits per heavy atom. The summed E-state index contributed by atoms with van der Waals surface area (Å²) >= 11 is 1.52. The molecule has 2 aromatic carbocycles. The molecule has 6 nitrogen and oxygen atoms in total. The van der Waals surface area contributed by atoms with E-state index in [2.05, 4.69) is 15.4 Å². The number of furan rings is 1. The zero-order chi connectivity index (χ0) is 20.2. The van der Waals surface area contributed by atoms with Gasteiger partial charge in [-0.15, -0.1) is 11.3 Å². The minimum absolute atomic E-state index is 0.0958. The van der Waals surface area contributed by atoms with Gasteiger partial charge >= 0.3 is 0 Å². The highest BCUT2D eigenvalue weighted by Gasteiger charge is 2.12. The SMILES string of the molecule is CCN=c1scc(-c2cc3ccccc3o2)n1N=Cc1ccc(NC(C)=O)cc1. The molecule has 4 rings (SSSR count). The Kier molecular flexibility index (Phi) is 5.39. The molecule has 2 aromatic heterocycles. The second-order valence-corrected chi connectivity index (χ2v) is 7.22. The number of aromatic nitrogens is 1. The number of rotatable bonds is 5. The number of nitrogens with zero attached hydrogens (tertiary/aromatic N) is 3. The van der Waals surface area contributed by atoms with Crippen molar-refractivity contribution in [2.75, 3.05) is 11.9 Å². The molecule has 29 heavy (non-hydrogen) atoms. The van der Waals surface area contributed by atoms with E-state index in [9.17, 15) is 4.79 Å². The van der Waals surface area contributed by atoms with Crippen LogP contribution in [0.15, 0.2) is 74.5 Å². The molecule has 0 unspecified atom stereocenters. The van der Waals surface area contributed by atoms with Crippen molar-refractivity contribution >= 4 is 40.1 Å². The number of benzene rings is 2. The number of hydrogen-bond donors (Lipinski definition) is 1. The summed E-state index contributed by atoms with van der Waals surface area (Å²) in [6.45, 7) is 4.15. The maximum Gasteiger partial charge on any atom is 0.221 e. The molecule has 0 saturated heterocycles. The third-order valence-electron chi connectivity index (χ3n) is 4.21. The lowest BCUT2D eigenvalue weighted by Gasteiger charge is -2.02. The van der Waals surface area contributed by atoms with Gasteiger partial charge in [0, 0.05) is 29.9 Å². The van der Waals surface area contributed by atoms with Crippen LogP contribution >= 0.6 is 11.3 Å². The van der Waals surface area contributed by atoms with Crippen LogP contribution < -0.4 is 10.1 Å². The minimum atomic E-state index is -0.0958. The fraction of sp³-hybridized carbons (Fsp3) is 0.136. The lowest BCUT2D eigenvalue weighted by atomic mass is 10.2. The normalized spacial score (nSPS) is 12.1. The maximum atomic E-state index is 11.2. The van der Waals surface area contributed by atoms with Crippen LogP contribution in [0.5, 0.6) is 0 Å². The topological polar surface area (TPSA) is 71.9 Å². The molecule has 0 aliphatic heterocycles. The number of anilines is 1. The van der Waals surface area contributed by atoms with Crippen LogP contribution in [0.3, 0.4) is 0 Å². The van der Waals surface area contributed by atoms with E-state index in [-0.39, 0.29) is 5.91 Å². The van der Waals surface area contributed by atoms with Crippen molar-refractivity contribution in [3.8, 4) is 11.5 Å². The van der Waals surface area contributed by atoms with Crippen LogP contribution in [-0.2, 0) is 4.79 Å². The summed E-state index contributed by atoms with van der Waals surface area (Å²) in [7, 11) is 0. The van der Waals surface area contributed by atoms with Gasteiger partial charge < -0.3 is 9.73 Å². The average Bonchev–Trinajstić information content (AvgIpc) is 3.31. The monoisotopic (exact) mass is 404 g/mol. The highest BCUT2D eigenvalue weighted by atomic mass is 32.1. The van der Waals surface area contributed by atoms with Gasteiger partial charge in [-0.1, -0.05) is 30.3 Å². The summed E-state index contributed by atoms with van der Waals surface area (Å²) in [5.41, 5.74) is 3.36. The molecule has 0 atom stereocenters. The van der Waals surface area contributed by atoms with Crippen molar-refractivity contribution in [3.05, 3.63) is 70.3 Å². The quantitative estimate of drug-likeness (QED) is 0.489. The van der Waals surface area contributed by atoms with Gasteiger partial charge in [-0.05, 0) is 36.8 Å². The molecule has 0 aliphatic rings. The van der Waals surface area contributed by atoms with Crippen molar-refractivity contribution in [1.82, 2.24) is 4.68 Å². The summed E-state index contributed by atoms with van der Waals surface area (Å²) in [5.74, 6) is 0.653. The Balaban J connectivity index is 1.70. The predicted molar refractivity (Wildman–Crippen MR) is 117 cm³/mol. The van der Waals surface area contributed by atoms with Gasteiger partial charge in [0.25, 0.3) is 0 Å². The van der Waals surface area contributed by atoms with Crippen LogP contribution in [0.2, 0.25) is 0 Å². The second-order valence-electron chi connectivity index (χ2n) is 6.39. The van der Waals surface area contributed by atoms with Crippen molar-refractivity contribution in [2.24, 2.45) is 10.1 Å². The maximum absolute atomic E-state index is 11.2. The van der Waals surface area contributed by atoms with E-state index in [4.69, 9.17) is 4.42 Å². The third-order valence-corrected chi connectivity index (χ3v) is 5.06. The molecule has 1 N–H and O–H groups in total. The molecule has 0 spiro atoms. The molecular formula is C22H20N4O2S. The van der Waals surface area contributed by atoms with E-state index in [1.54, 1.807) is 10.9 Å². The summed E-state index contributed by atoms with van der Waals surface area (Å²) in [6.07, 6.45) is 1.77. The number of fused-ring (bicyclic) bond motifs is 1. The Morgan fingerprint density at radius 3 is 2.72 bits per heavy atom. The first-order valence-electron chi connectivity index (χ1n) is 9.26. The van der Waals surface area contributed by atoms with Gasteiger partial charge in [0.2, 0.25) is 10.7 Å². The Morgan fingerprint density at radius 2 is 2.00 bits per heavy atom. The van der Waals surface area contributed by atoms with Gasteiger partial charge in [-0.2, -0.15) is 5.10 Å². The first kappa shape index (κ1) is 18.9. The molecule has 0 radical (unpaired) electrons. The molecule has 146 valence electrons. The predicted octanol–water partition coefficient (Wildman–Crippen LogP) is 4.72. The van der Waals surface area contributed by atoms with Crippen LogP contribution in [0.1, 0.15) is 19.4 Å². The summed E-state index contributed by atoms with van der Waals surface area (Å²) in [6, 6.07) is 17.4. The molecule has 0 saturated carbocycles. The smallest absolute Gasteiger partial charge is 0.221 e. The van der Waals surface area contributed by atoms with Crippen LogP contribution in [0, 0.1) is 0 Å². The van der Waals surface area contributed by atoms with E-state index in [0.29, 0.717) is 6.54 Å².